The molecular formula is C7H16S6. The Morgan fingerprint density at radius 1 is 1.08 bits per heavy atom. The lowest BCUT2D eigenvalue weighted by molar-refractivity contribution is 1.13. The van der Waals surface area contributed by atoms with Crippen LogP contribution >= 0.6 is 72.3 Å². The van der Waals surface area contributed by atoms with E-state index in [1.807, 2.05) is 35.3 Å². The van der Waals surface area contributed by atoms with Crippen LogP contribution in [0.1, 0.15) is 6.42 Å². The second kappa shape index (κ2) is 12.2. The van der Waals surface area contributed by atoms with Gasteiger partial charge in [0.05, 0.1) is 3.91 Å². The monoisotopic (exact) mass is 292 g/mol. The predicted molar refractivity (Wildman–Crippen MR) is 82.1 cm³/mol. The molecule has 0 unspecified atom stereocenters. The number of hydrogen-bond acceptors (Lipinski definition) is 6. The van der Waals surface area contributed by atoms with E-state index in [1.165, 1.54) is 28.1 Å². The molecule has 0 aromatic rings. The molecule has 0 aromatic heterocycles. The van der Waals surface area contributed by atoms with Crippen LogP contribution in [0.2, 0.25) is 0 Å². The zero-order valence-electron chi connectivity index (χ0n) is 7.64. The van der Waals surface area contributed by atoms with Crippen LogP contribution in [0.25, 0.3) is 0 Å². The molecule has 0 saturated carbocycles. The van der Waals surface area contributed by atoms with Crippen molar-refractivity contribution in [1.82, 2.24) is 0 Å². The standard InChI is InChI=1S/C7H16S6/c1-10-5-12-6-11-3-2-4-13-7(8)9/h7-9H,2-6H2,1H3. The van der Waals surface area contributed by atoms with Crippen molar-refractivity contribution < 1.29 is 0 Å². The van der Waals surface area contributed by atoms with Crippen molar-refractivity contribution in [2.24, 2.45) is 0 Å². The first kappa shape index (κ1) is 15.1. The molecule has 0 aromatic carbocycles. The van der Waals surface area contributed by atoms with Gasteiger partial charge in [-0.15, -0.1) is 23.5 Å². The summed E-state index contributed by atoms with van der Waals surface area (Å²) in [6.07, 6.45) is 3.42. The van der Waals surface area contributed by atoms with Gasteiger partial charge in [-0.3, -0.25) is 0 Å². The van der Waals surface area contributed by atoms with Gasteiger partial charge in [-0.1, -0.05) is 0 Å². The Kier molecular flexibility index (Phi) is 14.1. The third kappa shape index (κ3) is 14.1. The van der Waals surface area contributed by atoms with E-state index in [-0.39, 0.29) is 3.91 Å². The van der Waals surface area contributed by atoms with E-state index in [0.717, 1.165) is 0 Å². The number of hydrogen-bond donors (Lipinski definition) is 2. The molecular weight excluding hydrogens is 276 g/mol. The summed E-state index contributed by atoms with van der Waals surface area (Å²) in [4.78, 5) is 0. The first-order valence-corrected chi connectivity index (χ1v) is 9.68. The topological polar surface area (TPSA) is 0 Å². The second-order valence-electron chi connectivity index (χ2n) is 2.19. The van der Waals surface area contributed by atoms with Gasteiger partial charge >= 0.3 is 0 Å². The summed E-state index contributed by atoms with van der Waals surface area (Å²) in [5.41, 5.74) is 0. The Labute approximate surface area is 110 Å². The maximum absolute atomic E-state index is 4.18. The lowest BCUT2D eigenvalue weighted by atomic mass is 10.6. The Bertz CT molecular complexity index is 97.0. The summed E-state index contributed by atoms with van der Waals surface area (Å²) < 4.78 is 0.191. The Morgan fingerprint density at radius 2 is 1.85 bits per heavy atom. The van der Waals surface area contributed by atoms with Crippen LogP contribution < -0.4 is 0 Å². The van der Waals surface area contributed by atoms with E-state index in [2.05, 4.69) is 31.5 Å². The fourth-order valence-corrected chi connectivity index (χ4v) is 4.76. The van der Waals surface area contributed by atoms with Crippen molar-refractivity contribution in [3.05, 3.63) is 0 Å². The molecule has 13 heavy (non-hydrogen) atoms. The zero-order valence-corrected chi connectivity index (χ0v) is 12.7. The summed E-state index contributed by atoms with van der Waals surface area (Å²) in [5.74, 6) is 2.44. The van der Waals surface area contributed by atoms with Crippen molar-refractivity contribution in [3.63, 3.8) is 0 Å². The minimum absolute atomic E-state index is 0.191. The third-order valence-corrected chi connectivity index (χ3v) is 6.30. The van der Waals surface area contributed by atoms with Crippen LogP contribution in [0, 0.1) is 0 Å². The average Bonchev–Trinajstić information content (AvgIpc) is 2.09. The van der Waals surface area contributed by atoms with Gasteiger partial charge in [0, 0.05) is 10.2 Å². The Balaban J connectivity index is 2.84. The first-order valence-electron chi connectivity index (χ1n) is 3.89. The smallest absolute Gasteiger partial charge is 0.0899 e. The Morgan fingerprint density at radius 3 is 2.46 bits per heavy atom. The highest BCUT2D eigenvalue weighted by atomic mass is 32.2. The zero-order chi connectivity index (χ0) is 9.94. The van der Waals surface area contributed by atoms with Crippen LogP contribution in [-0.2, 0) is 0 Å². The Hall–Kier alpha value is 2.10. The highest BCUT2D eigenvalue weighted by Crippen LogP contribution is 2.21. The molecule has 0 aliphatic heterocycles. The van der Waals surface area contributed by atoms with Crippen molar-refractivity contribution in [1.29, 1.82) is 0 Å². The molecule has 0 spiro atoms. The van der Waals surface area contributed by atoms with Gasteiger partial charge in [0.15, 0.2) is 0 Å². The van der Waals surface area contributed by atoms with Gasteiger partial charge < -0.3 is 0 Å². The minimum Gasteiger partial charge on any atom is -0.154 e. The molecule has 0 fully saturated rings. The average molecular weight is 293 g/mol. The van der Waals surface area contributed by atoms with E-state index in [1.54, 1.807) is 11.8 Å². The lowest BCUT2D eigenvalue weighted by Crippen LogP contribution is -1.87. The molecule has 0 amide bonds. The van der Waals surface area contributed by atoms with E-state index in [4.69, 9.17) is 0 Å². The summed E-state index contributed by atoms with van der Waals surface area (Å²) in [5, 5.41) is 2.45. The van der Waals surface area contributed by atoms with Gasteiger partial charge in [-0.05, 0) is 24.2 Å². The quantitative estimate of drug-likeness (QED) is 0.374. The molecule has 0 heterocycles. The first-order chi connectivity index (χ1) is 6.27. The van der Waals surface area contributed by atoms with Crippen molar-refractivity contribution in [2.75, 3.05) is 27.9 Å². The summed E-state index contributed by atoms with van der Waals surface area (Å²) in [6.45, 7) is 0. The van der Waals surface area contributed by atoms with E-state index >= 15 is 0 Å². The summed E-state index contributed by atoms with van der Waals surface area (Å²) in [6, 6.07) is 0. The van der Waals surface area contributed by atoms with Gasteiger partial charge in [-0.25, -0.2) is 0 Å². The molecule has 0 saturated heterocycles. The third-order valence-electron chi connectivity index (χ3n) is 1.07. The molecule has 0 radical (unpaired) electrons. The highest BCUT2D eigenvalue weighted by Gasteiger charge is 1.95. The van der Waals surface area contributed by atoms with Crippen LogP contribution in [0.15, 0.2) is 0 Å². The van der Waals surface area contributed by atoms with Crippen LogP contribution in [0.3, 0.4) is 0 Å². The van der Waals surface area contributed by atoms with Crippen LogP contribution in [0.5, 0.6) is 0 Å². The SMILES string of the molecule is CSCSCSCCCSC(S)S. The number of thioether (sulfide) groups is 4. The maximum Gasteiger partial charge on any atom is 0.0899 e. The van der Waals surface area contributed by atoms with Crippen molar-refractivity contribution in [2.45, 2.75) is 10.3 Å². The molecule has 80 valence electrons. The largest absolute Gasteiger partial charge is 0.154 e. The molecule has 0 bridgehead atoms. The van der Waals surface area contributed by atoms with Crippen LogP contribution in [-0.4, -0.2) is 31.8 Å². The van der Waals surface area contributed by atoms with E-state index in [0.29, 0.717) is 0 Å². The molecule has 0 atom stereocenters. The van der Waals surface area contributed by atoms with Gasteiger partial charge in [-0.2, -0.15) is 48.8 Å². The van der Waals surface area contributed by atoms with Crippen molar-refractivity contribution >= 4 is 72.3 Å². The number of thiol groups is 2. The lowest BCUT2D eigenvalue weighted by Gasteiger charge is -2.03. The predicted octanol–water partition coefficient (Wildman–Crippen LogP) is 4.00. The van der Waals surface area contributed by atoms with Gasteiger partial charge in [0.25, 0.3) is 0 Å². The van der Waals surface area contributed by atoms with Crippen LogP contribution in [0.4, 0.5) is 0 Å². The molecule has 0 rings (SSSR count). The van der Waals surface area contributed by atoms with Gasteiger partial charge in [0.1, 0.15) is 0 Å². The highest BCUT2D eigenvalue weighted by molar-refractivity contribution is 8.23. The molecule has 0 N–H and O–H groups in total. The molecule has 0 aliphatic rings. The second-order valence-corrected chi connectivity index (χ2v) is 9.23. The minimum atomic E-state index is 0.191. The van der Waals surface area contributed by atoms with E-state index in [9.17, 15) is 0 Å². The maximum atomic E-state index is 4.18. The fourth-order valence-electron chi connectivity index (χ4n) is 0.585. The van der Waals surface area contributed by atoms with Crippen molar-refractivity contribution in [3.8, 4) is 0 Å². The molecule has 0 nitrogen and oxygen atoms in total. The number of rotatable bonds is 9. The summed E-state index contributed by atoms with van der Waals surface area (Å²) in [7, 11) is 0. The molecule has 6 heteroatoms. The van der Waals surface area contributed by atoms with E-state index < -0.39 is 0 Å². The molecule has 0 aliphatic carbocycles. The normalized spacial score (nSPS) is 11.1. The summed E-state index contributed by atoms with van der Waals surface area (Å²) >= 11 is 16.1. The fraction of sp³-hybridized carbons (Fsp3) is 1.00. The van der Waals surface area contributed by atoms with Gasteiger partial charge in [0.2, 0.25) is 0 Å².